The number of amidine groups is 1. The fourth-order valence-corrected chi connectivity index (χ4v) is 1.83. The molecular formula is C16H30N4O. The maximum atomic E-state index is 11.1. The number of aliphatic imine (C=N–C) groups is 1. The van der Waals surface area contributed by atoms with Crippen LogP contribution in [0.4, 0.5) is 0 Å². The number of nitrogens with two attached hydrogens (primary N) is 1. The van der Waals surface area contributed by atoms with E-state index in [1.165, 1.54) is 5.70 Å². The van der Waals surface area contributed by atoms with Gasteiger partial charge in [-0.1, -0.05) is 26.5 Å². The Morgan fingerprint density at radius 3 is 2.38 bits per heavy atom. The summed E-state index contributed by atoms with van der Waals surface area (Å²) in [5.41, 5.74) is 7.01. The van der Waals surface area contributed by atoms with E-state index in [0.717, 1.165) is 26.1 Å². The van der Waals surface area contributed by atoms with Crippen LogP contribution in [0.2, 0.25) is 0 Å². The van der Waals surface area contributed by atoms with Gasteiger partial charge in [-0.05, 0) is 19.5 Å². The molecule has 0 aromatic heterocycles. The SMILES string of the molecule is C=C/C=C(\CC)N(C)CCN(C)CCC(N)=NC(=O)CC. The van der Waals surface area contributed by atoms with Crippen molar-refractivity contribution in [2.75, 3.05) is 33.7 Å². The number of hydrogen-bond acceptors (Lipinski definition) is 3. The molecule has 0 unspecified atom stereocenters. The second kappa shape index (κ2) is 11.1. The van der Waals surface area contributed by atoms with E-state index < -0.39 is 0 Å². The lowest BCUT2D eigenvalue weighted by molar-refractivity contribution is -0.117. The molecule has 0 heterocycles. The van der Waals surface area contributed by atoms with Gasteiger partial charge in [0.2, 0.25) is 5.91 Å². The molecule has 0 aliphatic heterocycles. The fraction of sp³-hybridized carbons (Fsp3) is 0.625. The maximum Gasteiger partial charge on any atom is 0.247 e. The largest absolute Gasteiger partial charge is 0.387 e. The van der Waals surface area contributed by atoms with Crippen LogP contribution in [0.1, 0.15) is 33.1 Å². The minimum Gasteiger partial charge on any atom is -0.387 e. The van der Waals surface area contributed by atoms with Gasteiger partial charge in [-0.15, -0.1) is 0 Å². The van der Waals surface area contributed by atoms with E-state index >= 15 is 0 Å². The van der Waals surface area contributed by atoms with Crippen LogP contribution in [-0.2, 0) is 4.79 Å². The fourth-order valence-electron chi connectivity index (χ4n) is 1.83. The average molecular weight is 294 g/mol. The van der Waals surface area contributed by atoms with Crippen LogP contribution in [0.5, 0.6) is 0 Å². The Hall–Kier alpha value is -1.62. The molecule has 1 amide bonds. The van der Waals surface area contributed by atoms with E-state index in [2.05, 4.69) is 35.3 Å². The smallest absolute Gasteiger partial charge is 0.247 e. The number of carbonyl (C=O) groups excluding carboxylic acids is 1. The van der Waals surface area contributed by atoms with Gasteiger partial charge in [-0.3, -0.25) is 4.79 Å². The normalized spacial score (nSPS) is 12.6. The van der Waals surface area contributed by atoms with E-state index in [1.807, 2.05) is 19.2 Å². The van der Waals surface area contributed by atoms with Gasteiger partial charge >= 0.3 is 0 Å². The van der Waals surface area contributed by atoms with Crippen molar-refractivity contribution in [3.05, 3.63) is 24.4 Å². The molecule has 120 valence electrons. The minimum absolute atomic E-state index is 0.156. The third-order valence-corrected chi connectivity index (χ3v) is 3.30. The molecule has 0 fully saturated rings. The predicted molar refractivity (Wildman–Crippen MR) is 90.2 cm³/mol. The summed E-state index contributed by atoms with van der Waals surface area (Å²) in [6.07, 6.45) is 5.87. The summed E-state index contributed by atoms with van der Waals surface area (Å²) in [7, 11) is 4.13. The van der Waals surface area contributed by atoms with Crippen LogP contribution >= 0.6 is 0 Å². The van der Waals surface area contributed by atoms with Gasteiger partial charge in [0.1, 0.15) is 5.84 Å². The zero-order valence-corrected chi connectivity index (χ0v) is 13.9. The zero-order chi connectivity index (χ0) is 16.3. The maximum absolute atomic E-state index is 11.1. The summed E-state index contributed by atoms with van der Waals surface area (Å²) in [5.74, 6) is 0.264. The van der Waals surface area contributed by atoms with E-state index in [9.17, 15) is 4.79 Å². The second-order valence-corrected chi connectivity index (χ2v) is 5.07. The van der Waals surface area contributed by atoms with E-state index in [4.69, 9.17) is 5.73 Å². The number of likely N-dealkylation sites (N-methyl/N-ethyl adjacent to an activating group) is 2. The molecule has 21 heavy (non-hydrogen) atoms. The van der Waals surface area contributed by atoms with E-state index in [-0.39, 0.29) is 5.91 Å². The molecule has 0 bridgehead atoms. The standard InChI is InChI=1S/C16H30N4O/c1-6-9-14(7-2)20(5)13-12-19(4)11-10-15(17)18-16(21)8-3/h6,9H,1,7-8,10-13H2,2-5H3,(H2,17,18,21)/b14-9+. The topological polar surface area (TPSA) is 61.9 Å². The van der Waals surface area contributed by atoms with E-state index in [1.54, 1.807) is 6.92 Å². The zero-order valence-electron chi connectivity index (χ0n) is 13.9. The Kier molecular flexibility index (Phi) is 10.2. The van der Waals surface area contributed by atoms with E-state index in [0.29, 0.717) is 18.7 Å². The van der Waals surface area contributed by atoms with Crippen LogP contribution in [0, 0.1) is 0 Å². The molecule has 0 atom stereocenters. The number of allylic oxidation sites excluding steroid dienone is 3. The Balaban J connectivity index is 4.13. The third-order valence-electron chi connectivity index (χ3n) is 3.30. The molecule has 2 N–H and O–H groups in total. The Labute approximate surface area is 129 Å². The summed E-state index contributed by atoms with van der Waals surface area (Å²) in [4.78, 5) is 19.4. The van der Waals surface area contributed by atoms with Crippen LogP contribution < -0.4 is 5.73 Å². The Bertz CT molecular complexity index is 388. The summed E-state index contributed by atoms with van der Waals surface area (Å²) in [6.45, 7) is 10.3. The highest BCUT2D eigenvalue weighted by Crippen LogP contribution is 2.06. The van der Waals surface area contributed by atoms with Crippen molar-refractivity contribution in [3.63, 3.8) is 0 Å². The minimum atomic E-state index is -0.156. The van der Waals surface area contributed by atoms with Crippen molar-refractivity contribution in [1.82, 2.24) is 9.80 Å². The summed E-state index contributed by atoms with van der Waals surface area (Å²) in [5, 5.41) is 0. The monoisotopic (exact) mass is 294 g/mol. The number of hydrogen-bond donors (Lipinski definition) is 1. The van der Waals surface area contributed by atoms with Gasteiger partial charge in [0.15, 0.2) is 0 Å². The first-order valence-electron chi connectivity index (χ1n) is 7.51. The molecule has 0 saturated heterocycles. The van der Waals surface area contributed by atoms with Crippen molar-refractivity contribution >= 4 is 11.7 Å². The highest BCUT2D eigenvalue weighted by atomic mass is 16.1. The lowest BCUT2D eigenvalue weighted by atomic mass is 10.2. The molecule has 0 spiro atoms. The van der Waals surface area contributed by atoms with Gasteiger partial charge in [0.05, 0.1) is 0 Å². The van der Waals surface area contributed by atoms with Gasteiger partial charge in [-0.2, -0.15) is 0 Å². The molecule has 0 rings (SSSR count). The molecular weight excluding hydrogens is 264 g/mol. The lowest BCUT2D eigenvalue weighted by Gasteiger charge is -2.25. The molecule has 0 aliphatic rings. The molecule has 0 aromatic carbocycles. The average Bonchev–Trinajstić information content (AvgIpc) is 2.47. The molecule has 0 radical (unpaired) electrons. The molecule has 0 aromatic rings. The summed E-state index contributed by atoms with van der Waals surface area (Å²) < 4.78 is 0. The van der Waals surface area contributed by atoms with Crippen LogP contribution in [0.3, 0.4) is 0 Å². The van der Waals surface area contributed by atoms with Gasteiger partial charge in [-0.25, -0.2) is 4.99 Å². The van der Waals surface area contributed by atoms with Crippen molar-refractivity contribution in [2.24, 2.45) is 10.7 Å². The number of carbonyl (C=O) groups is 1. The number of rotatable bonds is 10. The summed E-state index contributed by atoms with van der Waals surface area (Å²) >= 11 is 0. The van der Waals surface area contributed by atoms with Crippen molar-refractivity contribution < 1.29 is 4.79 Å². The van der Waals surface area contributed by atoms with Crippen molar-refractivity contribution in [1.29, 1.82) is 0 Å². The van der Waals surface area contributed by atoms with Crippen LogP contribution in [0.15, 0.2) is 29.4 Å². The molecule has 5 heteroatoms. The Morgan fingerprint density at radius 2 is 1.86 bits per heavy atom. The second-order valence-electron chi connectivity index (χ2n) is 5.07. The number of nitrogens with zero attached hydrogens (tertiary/aromatic N) is 3. The highest BCUT2D eigenvalue weighted by molar-refractivity contribution is 5.93. The summed E-state index contributed by atoms with van der Waals surface area (Å²) in [6, 6.07) is 0. The first-order valence-corrected chi connectivity index (χ1v) is 7.51. The first kappa shape index (κ1) is 19.4. The number of amides is 1. The highest BCUT2D eigenvalue weighted by Gasteiger charge is 2.05. The van der Waals surface area contributed by atoms with Gasteiger partial charge in [0.25, 0.3) is 0 Å². The van der Waals surface area contributed by atoms with Crippen molar-refractivity contribution in [2.45, 2.75) is 33.1 Å². The molecule has 0 aliphatic carbocycles. The van der Waals surface area contributed by atoms with Crippen molar-refractivity contribution in [3.8, 4) is 0 Å². The van der Waals surface area contributed by atoms with Crippen LogP contribution in [0.25, 0.3) is 0 Å². The third kappa shape index (κ3) is 9.02. The lowest BCUT2D eigenvalue weighted by Crippen LogP contribution is -2.32. The Morgan fingerprint density at radius 1 is 1.19 bits per heavy atom. The predicted octanol–water partition coefficient (Wildman–Crippen LogP) is 2.01. The van der Waals surface area contributed by atoms with Gasteiger partial charge in [0, 0.05) is 45.2 Å². The van der Waals surface area contributed by atoms with Gasteiger partial charge < -0.3 is 15.5 Å². The molecule has 0 saturated carbocycles. The first-order chi connectivity index (χ1) is 9.94. The van der Waals surface area contributed by atoms with Crippen LogP contribution in [-0.4, -0.2) is 55.3 Å². The quantitative estimate of drug-likeness (QED) is 0.380. The molecule has 5 nitrogen and oxygen atoms in total.